The maximum absolute atomic E-state index is 12.1. The first-order valence-corrected chi connectivity index (χ1v) is 9.69. The fraction of sp³-hybridized carbons (Fsp3) is 0.263. The van der Waals surface area contributed by atoms with Crippen molar-refractivity contribution in [3.63, 3.8) is 0 Å². The molecule has 0 saturated carbocycles. The first-order valence-electron chi connectivity index (χ1n) is 8.10. The van der Waals surface area contributed by atoms with Crippen LogP contribution in [0.2, 0.25) is 0 Å². The van der Waals surface area contributed by atoms with Crippen LogP contribution in [0.5, 0.6) is 11.5 Å². The molecular weight excluding hydrogens is 478 g/mol. The topological polar surface area (TPSA) is 72.0 Å². The van der Waals surface area contributed by atoms with Gasteiger partial charge in [-0.1, -0.05) is 0 Å². The van der Waals surface area contributed by atoms with Crippen molar-refractivity contribution in [2.45, 2.75) is 13.8 Å². The number of ether oxygens (including phenoxy) is 2. The number of benzene rings is 2. The first-order chi connectivity index (χ1) is 12.8. The molecule has 0 atom stereocenters. The monoisotopic (exact) mass is 497 g/mol. The van der Waals surface area contributed by atoms with Crippen molar-refractivity contribution in [3.05, 3.63) is 50.4 Å². The Balaban J connectivity index is 2.02. The number of halogens is 2. The van der Waals surface area contributed by atoms with Crippen LogP contribution in [0.1, 0.15) is 18.1 Å². The summed E-state index contributed by atoms with van der Waals surface area (Å²) in [4.78, 5) is 12.1. The van der Waals surface area contributed by atoms with E-state index in [0.29, 0.717) is 17.2 Å². The molecule has 1 amide bonds. The zero-order valence-electron chi connectivity index (χ0n) is 15.5. The summed E-state index contributed by atoms with van der Waals surface area (Å²) >= 11 is 6.99. The third-order valence-electron chi connectivity index (χ3n) is 3.76. The highest BCUT2D eigenvalue weighted by molar-refractivity contribution is 9.11. The Morgan fingerprint density at radius 2 is 1.78 bits per heavy atom. The molecule has 2 aromatic carbocycles. The van der Waals surface area contributed by atoms with Crippen molar-refractivity contribution in [1.29, 1.82) is 0 Å². The number of rotatable bonds is 7. The van der Waals surface area contributed by atoms with Crippen LogP contribution in [0.3, 0.4) is 0 Å². The quantitative estimate of drug-likeness (QED) is 0.435. The summed E-state index contributed by atoms with van der Waals surface area (Å²) in [5.74, 6) is 1.04. The zero-order valence-corrected chi connectivity index (χ0v) is 18.7. The fourth-order valence-corrected chi connectivity index (χ4v) is 4.08. The summed E-state index contributed by atoms with van der Waals surface area (Å²) in [5, 5.41) is 7.26. The van der Waals surface area contributed by atoms with Crippen LogP contribution >= 0.6 is 31.9 Å². The Labute approximate surface area is 175 Å². The standard InChI is InChI=1S/C19H21Br2N3O3/c1-11-7-15(20)19(16(21)8-11)22-10-18(25)24-23-12(2)14-6-5-13(26-3)9-17(14)27-4/h5-9,22H,10H2,1-4H3,(H,24,25). The van der Waals surface area contributed by atoms with Gasteiger partial charge >= 0.3 is 0 Å². The van der Waals surface area contributed by atoms with Crippen LogP contribution in [0.15, 0.2) is 44.4 Å². The summed E-state index contributed by atoms with van der Waals surface area (Å²) in [6.45, 7) is 3.87. The summed E-state index contributed by atoms with van der Waals surface area (Å²) < 4.78 is 12.3. The number of hydrogen-bond acceptors (Lipinski definition) is 5. The number of amides is 1. The van der Waals surface area contributed by atoms with Gasteiger partial charge < -0.3 is 14.8 Å². The third kappa shape index (κ3) is 5.71. The molecule has 2 aromatic rings. The van der Waals surface area contributed by atoms with Gasteiger partial charge in [-0.05, 0) is 75.5 Å². The van der Waals surface area contributed by atoms with E-state index in [1.54, 1.807) is 27.2 Å². The Hall–Kier alpha value is -2.06. The molecule has 0 aliphatic rings. The van der Waals surface area contributed by atoms with Gasteiger partial charge in [0.15, 0.2) is 0 Å². The Kier molecular flexibility index (Phi) is 7.67. The molecule has 0 heterocycles. The Morgan fingerprint density at radius 3 is 2.37 bits per heavy atom. The van der Waals surface area contributed by atoms with Gasteiger partial charge in [-0.25, -0.2) is 5.43 Å². The second kappa shape index (κ2) is 9.75. The predicted molar refractivity (Wildman–Crippen MR) is 115 cm³/mol. The second-order valence-electron chi connectivity index (χ2n) is 5.76. The van der Waals surface area contributed by atoms with Gasteiger partial charge in [0.2, 0.25) is 0 Å². The van der Waals surface area contributed by atoms with Gasteiger partial charge in [0, 0.05) is 20.6 Å². The van der Waals surface area contributed by atoms with Gasteiger partial charge in [-0.3, -0.25) is 4.79 Å². The van der Waals surface area contributed by atoms with E-state index >= 15 is 0 Å². The molecular formula is C19H21Br2N3O3. The molecule has 0 aromatic heterocycles. The minimum atomic E-state index is -0.263. The van der Waals surface area contributed by atoms with Crippen molar-refractivity contribution < 1.29 is 14.3 Å². The molecule has 27 heavy (non-hydrogen) atoms. The Bertz CT molecular complexity index is 846. The molecule has 0 unspecified atom stereocenters. The highest BCUT2D eigenvalue weighted by atomic mass is 79.9. The number of hydrogen-bond donors (Lipinski definition) is 2. The summed E-state index contributed by atoms with van der Waals surface area (Å²) in [5.41, 5.74) is 5.87. The van der Waals surface area contributed by atoms with Crippen LogP contribution < -0.4 is 20.2 Å². The number of hydrazone groups is 1. The lowest BCUT2D eigenvalue weighted by molar-refractivity contribution is -0.119. The largest absolute Gasteiger partial charge is 0.497 e. The molecule has 0 saturated heterocycles. The van der Waals surface area contributed by atoms with E-state index in [9.17, 15) is 4.79 Å². The summed E-state index contributed by atoms with van der Waals surface area (Å²) in [6, 6.07) is 9.37. The van der Waals surface area contributed by atoms with Gasteiger partial charge in [-0.15, -0.1) is 0 Å². The SMILES string of the molecule is COc1ccc(C(C)=NNC(=O)CNc2c(Br)cc(C)cc2Br)c(OC)c1. The Morgan fingerprint density at radius 1 is 1.11 bits per heavy atom. The molecule has 0 aliphatic heterocycles. The van der Waals surface area contributed by atoms with Gasteiger partial charge in [0.25, 0.3) is 5.91 Å². The first kappa shape index (κ1) is 21.2. The van der Waals surface area contributed by atoms with Crippen molar-refractivity contribution in [1.82, 2.24) is 5.43 Å². The molecule has 0 spiro atoms. The summed E-state index contributed by atoms with van der Waals surface area (Å²) in [7, 11) is 3.17. The van der Waals surface area contributed by atoms with E-state index in [-0.39, 0.29) is 12.5 Å². The van der Waals surface area contributed by atoms with Crippen LogP contribution in [0, 0.1) is 6.92 Å². The van der Waals surface area contributed by atoms with Gasteiger partial charge in [0.1, 0.15) is 11.5 Å². The number of nitrogens with zero attached hydrogens (tertiary/aromatic N) is 1. The van der Waals surface area contributed by atoms with Crippen molar-refractivity contribution in [2.75, 3.05) is 26.1 Å². The van der Waals surface area contributed by atoms with Crippen LogP contribution in [-0.2, 0) is 4.79 Å². The number of anilines is 1. The van der Waals surface area contributed by atoms with Gasteiger partial charge in [0.05, 0.1) is 32.2 Å². The number of methoxy groups -OCH3 is 2. The molecule has 0 radical (unpaired) electrons. The molecule has 0 fully saturated rings. The highest BCUT2D eigenvalue weighted by Crippen LogP contribution is 2.32. The van der Waals surface area contributed by atoms with E-state index in [2.05, 4.69) is 47.7 Å². The molecule has 6 nitrogen and oxygen atoms in total. The predicted octanol–water partition coefficient (Wildman–Crippen LogP) is 4.49. The lowest BCUT2D eigenvalue weighted by Crippen LogP contribution is -2.27. The van der Waals surface area contributed by atoms with Crippen LogP contribution in [0.4, 0.5) is 5.69 Å². The van der Waals surface area contributed by atoms with Crippen molar-refractivity contribution in [3.8, 4) is 11.5 Å². The molecule has 8 heteroatoms. The van der Waals surface area contributed by atoms with Gasteiger partial charge in [-0.2, -0.15) is 5.10 Å². The normalized spacial score (nSPS) is 11.1. The van der Waals surface area contributed by atoms with Crippen LogP contribution in [-0.4, -0.2) is 32.4 Å². The molecule has 2 N–H and O–H groups in total. The van der Waals surface area contributed by atoms with E-state index in [4.69, 9.17) is 9.47 Å². The zero-order chi connectivity index (χ0) is 20.0. The third-order valence-corrected chi connectivity index (χ3v) is 5.01. The lowest BCUT2D eigenvalue weighted by Gasteiger charge is -2.12. The lowest BCUT2D eigenvalue weighted by atomic mass is 10.1. The fourth-order valence-electron chi connectivity index (χ4n) is 2.38. The maximum atomic E-state index is 12.1. The number of aryl methyl sites for hydroxylation is 1. The van der Waals surface area contributed by atoms with E-state index in [1.807, 2.05) is 31.2 Å². The minimum Gasteiger partial charge on any atom is -0.497 e. The second-order valence-corrected chi connectivity index (χ2v) is 7.46. The van der Waals surface area contributed by atoms with Crippen molar-refractivity contribution in [2.24, 2.45) is 5.10 Å². The average Bonchev–Trinajstić information content (AvgIpc) is 2.64. The maximum Gasteiger partial charge on any atom is 0.259 e. The number of carbonyl (C=O) groups is 1. The summed E-state index contributed by atoms with van der Waals surface area (Å²) in [6.07, 6.45) is 0. The van der Waals surface area contributed by atoms with E-state index in [1.165, 1.54) is 0 Å². The van der Waals surface area contributed by atoms with Crippen LogP contribution in [0.25, 0.3) is 0 Å². The van der Waals surface area contributed by atoms with E-state index < -0.39 is 0 Å². The molecule has 2 rings (SSSR count). The molecule has 144 valence electrons. The average molecular weight is 499 g/mol. The molecule has 0 bridgehead atoms. The minimum absolute atomic E-state index is 0.0801. The van der Waals surface area contributed by atoms with E-state index in [0.717, 1.165) is 25.8 Å². The van der Waals surface area contributed by atoms with Crippen molar-refractivity contribution >= 4 is 49.2 Å². The molecule has 0 aliphatic carbocycles. The number of carbonyl (C=O) groups excluding carboxylic acids is 1. The smallest absolute Gasteiger partial charge is 0.259 e. The highest BCUT2D eigenvalue weighted by Gasteiger charge is 2.10. The number of nitrogens with one attached hydrogen (secondary N) is 2.